The minimum Gasteiger partial charge on any atom is -0.300 e. The minimum atomic E-state index is 0.821. The molecule has 0 aromatic heterocycles. The third kappa shape index (κ3) is 2.25. The first-order valence-corrected chi connectivity index (χ1v) is 6.05. The molecular weight excluding hydrogens is 158 g/mol. The van der Waals surface area contributed by atoms with Crippen LogP contribution < -0.4 is 0 Å². The van der Waals surface area contributed by atoms with E-state index >= 15 is 0 Å². The zero-order valence-corrected chi connectivity index (χ0v) is 9.13. The molecule has 0 aromatic rings. The van der Waals surface area contributed by atoms with Crippen LogP contribution in [0.15, 0.2) is 0 Å². The van der Waals surface area contributed by atoms with Gasteiger partial charge >= 0.3 is 0 Å². The van der Waals surface area contributed by atoms with Gasteiger partial charge in [0.15, 0.2) is 0 Å². The summed E-state index contributed by atoms with van der Waals surface area (Å²) in [4.78, 5) is 2.71. The van der Waals surface area contributed by atoms with Gasteiger partial charge in [0.25, 0.3) is 0 Å². The summed E-state index contributed by atoms with van der Waals surface area (Å²) in [5.41, 5.74) is 0. The van der Waals surface area contributed by atoms with Crippen molar-refractivity contribution in [1.29, 1.82) is 0 Å². The van der Waals surface area contributed by atoms with Gasteiger partial charge in [-0.3, -0.25) is 0 Å². The number of hydrogen-bond acceptors (Lipinski definition) is 1. The van der Waals surface area contributed by atoms with Crippen LogP contribution in [0.2, 0.25) is 0 Å². The van der Waals surface area contributed by atoms with E-state index in [1.807, 2.05) is 0 Å². The van der Waals surface area contributed by atoms with Gasteiger partial charge in [-0.05, 0) is 57.4 Å². The average Bonchev–Trinajstić information content (AvgIpc) is 3.00. The Hall–Kier alpha value is -0.0400. The molecule has 2 aliphatic rings. The molecule has 1 saturated carbocycles. The first-order chi connectivity index (χ1) is 6.31. The van der Waals surface area contributed by atoms with Crippen molar-refractivity contribution >= 4 is 0 Å². The summed E-state index contributed by atoms with van der Waals surface area (Å²) in [6.45, 7) is 7.46. The Kier molecular flexibility index (Phi) is 2.92. The largest absolute Gasteiger partial charge is 0.300 e. The van der Waals surface area contributed by atoms with Crippen molar-refractivity contribution in [3.63, 3.8) is 0 Å². The van der Waals surface area contributed by atoms with Crippen LogP contribution in [0.1, 0.15) is 46.0 Å². The molecular formula is C12H23N. The van der Waals surface area contributed by atoms with E-state index in [0.29, 0.717) is 0 Å². The lowest BCUT2D eigenvalue weighted by atomic mass is 9.92. The summed E-state index contributed by atoms with van der Waals surface area (Å²) >= 11 is 0. The molecule has 2 atom stereocenters. The van der Waals surface area contributed by atoms with Crippen LogP contribution in [0.3, 0.4) is 0 Å². The molecule has 0 radical (unpaired) electrons. The number of likely N-dealkylation sites (tertiary alicyclic amines) is 1. The highest BCUT2D eigenvalue weighted by molar-refractivity contribution is 4.87. The van der Waals surface area contributed by atoms with Crippen molar-refractivity contribution in [3.8, 4) is 0 Å². The second-order valence-electron chi connectivity index (χ2n) is 4.99. The van der Waals surface area contributed by atoms with E-state index in [2.05, 4.69) is 18.7 Å². The monoisotopic (exact) mass is 181 g/mol. The van der Waals surface area contributed by atoms with Crippen molar-refractivity contribution in [1.82, 2.24) is 4.90 Å². The van der Waals surface area contributed by atoms with Crippen molar-refractivity contribution in [3.05, 3.63) is 0 Å². The van der Waals surface area contributed by atoms with Crippen molar-refractivity contribution in [2.75, 3.05) is 13.1 Å². The predicted octanol–water partition coefficient (Wildman–Crippen LogP) is 2.91. The lowest BCUT2D eigenvalue weighted by Crippen LogP contribution is -2.41. The Morgan fingerprint density at radius 2 is 2.00 bits per heavy atom. The van der Waals surface area contributed by atoms with E-state index < -0.39 is 0 Å². The Labute approximate surface area is 82.5 Å². The summed E-state index contributed by atoms with van der Waals surface area (Å²) < 4.78 is 0. The van der Waals surface area contributed by atoms with E-state index in [1.165, 1.54) is 45.2 Å². The molecule has 0 spiro atoms. The van der Waals surface area contributed by atoms with Gasteiger partial charge in [0.1, 0.15) is 0 Å². The van der Waals surface area contributed by atoms with Crippen LogP contribution >= 0.6 is 0 Å². The summed E-state index contributed by atoms with van der Waals surface area (Å²) in [5, 5.41) is 0. The predicted molar refractivity (Wildman–Crippen MR) is 56.8 cm³/mol. The van der Waals surface area contributed by atoms with E-state index in [-0.39, 0.29) is 0 Å². The van der Waals surface area contributed by atoms with Gasteiger partial charge in [0.05, 0.1) is 0 Å². The fourth-order valence-electron chi connectivity index (χ4n) is 2.65. The standard InChI is InChI=1S/C12H23N/c1-3-10(2)13-8-4-5-12(9-13)11-6-7-11/h10-12H,3-9H2,1-2H3. The second-order valence-corrected chi connectivity index (χ2v) is 4.99. The maximum atomic E-state index is 2.71. The van der Waals surface area contributed by atoms with E-state index in [9.17, 15) is 0 Å². The van der Waals surface area contributed by atoms with Crippen LogP contribution in [-0.2, 0) is 0 Å². The lowest BCUT2D eigenvalue weighted by molar-refractivity contribution is 0.119. The molecule has 76 valence electrons. The van der Waals surface area contributed by atoms with E-state index in [4.69, 9.17) is 0 Å². The quantitative estimate of drug-likeness (QED) is 0.647. The van der Waals surface area contributed by atoms with Crippen molar-refractivity contribution in [2.45, 2.75) is 52.0 Å². The molecule has 1 heterocycles. The van der Waals surface area contributed by atoms with Crippen molar-refractivity contribution in [2.24, 2.45) is 11.8 Å². The number of nitrogens with zero attached hydrogens (tertiary/aromatic N) is 1. The molecule has 13 heavy (non-hydrogen) atoms. The smallest absolute Gasteiger partial charge is 0.00644 e. The van der Waals surface area contributed by atoms with E-state index in [0.717, 1.165) is 17.9 Å². The van der Waals surface area contributed by atoms with E-state index in [1.54, 1.807) is 0 Å². The van der Waals surface area contributed by atoms with Gasteiger partial charge < -0.3 is 4.90 Å². The highest BCUT2D eigenvalue weighted by Gasteiger charge is 2.34. The zero-order chi connectivity index (χ0) is 9.26. The van der Waals surface area contributed by atoms with Gasteiger partial charge in [-0.25, -0.2) is 0 Å². The highest BCUT2D eigenvalue weighted by Crippen LogP contribution is 2.41. The first-order valence-electron chi connectivity index (χ1n) is 6.05. The molecule has 2 unspecified atom stereocenters. The molecule has 1 aliphatic heterocycles. The Bertz CT molecular complexity index is 163. The SMILES string of the molecule is CCC(C)N1CCCC(C2CC2)C1. The topological polar surface area (TPSA) is 3.24 Å². The number of piperidine rings is 1. The Morgan fingerprint density at radius 1 is 1.23 bits per heavy atom. The molecule has 2 rings (SSSR count). The second kappa shape index (κ2) is 4.00. The summed E-state index contributed by atoms with van der Waals surface area (Å²) in [6.07, 6.45) is 7.33. The molecule has 1 saturated heterocycles. The van der Waals surface area contributed by atoms with Crippen LogP contribution in [0.4, 0.5) is 0 Å². The third-order valence-electron chi connectivity index (χ3n) is 3.99. The molecule has 1 nitrogen and oxygen atoms in total. The maximum absolute atomic E-state index is 2.71. The Morgan fingerprint density at radius 3 is 2.62 bits per heavy atom. The average molecular weight is 181 g/mol. The van der Waals surface area contributed by atoms with Crippen LogP contribution in [0.5, 0.6) is 0 Å². The van der Waals surface area contributed by atoms with Crippen LogP contribution in [0, 0.1) is 11.8 Å². The summed E-state index contributed by atoms with van der Waals surface area (Å²) in [5.74, 6) is 2.18. The van der Waals surface area contributed by atoms with Gasteiger partial charge in [-0.1, -0.05) is 6.92 Å². The van der Waals surface area contributed by atoms with Gasteiger partial charge in [-0.15, -0.1) is 0 Å². The fraction of sp³-hybridized carbons (Fsp3) is 1.00. The highest BCUT2D eigenvalue weighted by atomic mass is 15.2. The van der Waals surface area contributed by atoms with Crippen LogP contribution in [0.25, 0.3) is 0 Å². The minimum absolute atomic E-state index is 0.821. The molecule has 0 N–H and O–H groups in total. The normalized spacial score (nSPS) is 33.2. The fourth-order valence-corrected chi connectivity index (χ4v) is 2.65. The number of rotatable bonds is 3. The first kappa shape index (κ1) is 9.51. The molecule has 0 amide bonds. The number of hydrogen-bond donors (Lipinski definition) is 0. The molecule has 1 heteroatoms. The molecule has 2 fully saturated rings. The summed E-state index contributed by atoms with van der Waals surface area (Å²) in [6, 6.07) is 0.821. The zero-order valence-electron chi connectivity index (χ0n) is 9.13. The Balaban J connectivity index is 1.83. The lowest BCUT2D eigenvalue weighted by Gasteiger charge is -2.36. The van der Waals surface area contributed by atoms with Crippen LogP contribution in [-0.4, -0.2) is 24.0 Å². The van der Waals surface area contributed by atoms with Gasteiger partial charge in [0.2, 0.25) is 0 Å². The van der Waals surface area contributed by atoms with Gasteiger partial charge in [0, 0.05) is 12.6 Å². The molecule has 1 aliphatic carbocycles. The van der Waals surface area contributed by atoms with Gasteiger partial charge in [-0.2, -0.15) is 0 Å². The van der Waals surface area contributed by atoms with Crippen molar-refractivity contribution < 1.29 is 0 Å². The molecule has 0 bridgehead atoms. The summed E-state index contributed by atoms with van der Waals surface area (Å²) in [7, 11) is 0. The maximum Gasteiger partial charge on any atom is 0.00644 e. The molecule has 0 aromatic carbocycles. The third-order valence-corrected chi connectivity index (χ3v) is 3.99.